The molecule has 5 heteroatoms. The Kier molecular flexibility index (Phi) is 5.52. The number of rotatable bonds is 8. The van der Waals surface area contributed by atoms with Gasteiger partial charge >= 0.3 is 0 Å². The minimum atomic E-state index is 0.127. The molecule has 1 aromatic heterocycles. The van der Waals surface area contributed by atoms with Crippen LogP contribution in [0.3, 0.4) is 0 Å². The summed E-state index contributed by atoms with van der Waals surface area (Å²) >= 11 is 1.55. The summed E-state index contributed by atoms with van der Waals surface area (Å²) in [4.78, 5) is 16.4. The van der Waals surface area contributed by atoms with Gasteiger partial charge in [0, 0.05) is 18.8 Å². The topological polar surface area (TPSA) is 46.9 Å². The maximum absolute atomic E-state index is 11.8. The fourth-order valence-electron chi connectivity index (χ4n) is 2.07. The molecule has 1 amide bonds. The number of amides is 1. The van der Waals surface area contributed by atoms with E-state index >= 15 is 0 Å². The van der Waals surface area contributed by atoms with Crippen molar-refractivity contribution in [3.63, 3.8) is 0 Å². The van der Waals surface area contributed by atoms with E-state index in [4.69, 9.17) is 0 Å². The van der Waals surface area contributed by atoms with E-state index < -0.39 is 0 Å². The van der Waals surface area contributed by atoms with Crippen LogP contribution in [0.15, 0.2) is 5.16 Å². The molecule has 4 nitrogen and oxygen atoms in total. The zero-order valence-electron chi connectivity index (χ0n) is 12.7. The number of aromatic nitrogens is 2. The molecule has 20 heavy (non-hydrogen) atoms. The predicted molar refractivity (Wildman–Crippen MR) is 83.1 cm³/mol. The monoisotopic (exact) mass is 295 g/mol. The molecule has 0 bridgehead atoms. The molecule has 0 radical (unpaired) electrons. The molecule has 0 unspecified atom stereocenters. The summed E-state index contributed by atoms with van der Waals surface area (Å²) in [6.07, 6.45) is 4.86. The van der Waals surface area contributed by atoms with Crippen LogP contribution in [0.4, 0.5) is 0 Å². The molecular weight excluding hydrogens is 270 g/mol. The highest BCUT2D eigenvalue weighted by Crippen LogP contribution is 2.27. The third-order valence-electron chi connectivity index (χ3n) is 3.78. The first-order valence-electron chi connectivity index (χ1n) is 7.55. The molecule has 0 saturated heterocycles. The Morgan fingerprint density at radius 1 is 1.45 bits per heavy atom. The van der Waals surface area contributed by atoms with Crippen molar-refractivity contribution in [1.82, 2.24) is 14.9 Å². The average Bonchev–Trinajstić information content (AvgIpc) is 3.21. The number of thioether (sulfide) groups is 1. The quantitative estimate of drug-likeness (QED) is 0.750. The van der Waals surface area contributed by atoms with Crippen molar-refractivity contribution in [2.24, 2.45) is 5.92 Å². The number of carbonyl (C=O) groups excluding carboxylic acids is 1. The molecule has 1 aliphatic rings. The van der Waals surface area contributed by atoms with Gasteiger partial charge in [-0.2, -0.15) is 0 Å². The van der Waals surface area contributed by atoms with Gasteiger partial charge in [0.2, 0.25) is 5.91 Å². The van der Waals surface area contributed by atoms with Crippen LogP contribution in [0.25, 0.3) is 0 Å². The largest absolute Gasteiger partial charge is 0.355 e. The molecule has 1 heterocycles. The van der Waals surface area contributed by atoms with Gasteiger partial charge in [0.05, 0.1) is 11.4 Å². The minimum absolute atomic E-state index is 0.127. The molecule has 1 fully saturated rings. The van der Waals surface area contributed by atoms with E-state index in [1.807, 2.05) is 6.92 Å². The first kappa shape index (κ1) is 15.4. The second-order valence-corrected chi connectivity index (χ2v) is 6.55. The Hall–Kier alpha value is -0.970. The van der Waals surface area contributed by atoms with Gasteiger partial charge in [0.25, 0.3) is 0 Å². The molecule has 1 saturated carbocycles. The van der Waals surface area contributed by atoms with Crippen LogP contribution >= 0.6 is 11.8 Å². The number of aryl methyl sites for hydroxylation is 1. The van der Waals surface area contributed by atoms with Gasteiger partial charge in [-0.15, -0.1) is 0 Å². The van der Waals surface area contributed by atoms with E-state index in [9.17, 15) is 4.79 Å². The van der Waals surface area contributed by atoms with Crippen molar-refractivity contribution in [2.45, 2.75) is 58.2 Å². The van der Waals surface area contributed by atoms with Gasteiger partial charge in [-0.3, -0.25) is 4.79 Å². The zero-order chi connectivity index (χ0) is 14.5. The minimum Gasteiger partial charge on any atom is -0.355 e. The second-order valence-electron chi connectivity index (χ2n) is 5.61. The number of carbonyl (C=O) groups is 1. The van der Waals surface area contributed by atoms with Gasteiger partial charge in [-0.05, 0) is 39.0 Å². The van der Waals surface area contributed by atoms with Crippen molar-refractivity contribution in [3.05, 3.63) is 11.4 Å². The number of imidazole rings is 1. The fraction of sp³-hybridized carbons (Fsp3) is 0.733. The molecule has 112 valence electrons. The van der Waals surface area contributed by atoms with Gasteiger partial charge in [0.15, 0.2) is 5.16 Å². The van der Waals surface area contributed by atoms with E-state index in [2.05, 4.69) is 28.7 Å². The molecule has 1 aromatic rings. The van der Waals surface area contributed by atoms with Crippen molar-refractivity contribution >= 4 is 17.7 Å². The van der Waals surface area contributed by atoms with E-state index in [0.717, 1.165) is 36.3 Å². The van der Waals surface area contributed by atoms with Crippen LogP contribution in [0.5, 0.6) is 0 Å². The summed E-state index contributed by atoms with van der Waals surface area (Å²) in [5.41, 5.74) is 2.29. The van der Waals surface area contributed by atoms with Crippen molar-refractivity contribution in [1.29, 1.82) is 0 Å². The highest BCUT2D eigenvalue weighted by molar-refractivity contribution is 7.99. The van der Waals surface area contributed by atoms with E-state index in [-0.39, 0.29) is 5.91 Å². The van der Waals surface area contributed by atoms with Gasteiger partial charge in [0.1, 0.15) is 0 Å². The first-order valence-corrected chi connectivity index (χ1v) is 8.53. The highest BCUT2D eigenvalue weighted by Gasteiger charge is 2.21. The lowest BCUT2D eigenvalue weighted by molar-refractivity contribution is -0.118. The Morgan fingerprint density at radius 3 is 2.85 bits per heavy atom. The number of nitrogens with one attached hydrogen (secondary N) is 1. The number of nitrogens with zero attached hydrogens (tertiary/aromatic N) is 2. The van der Waals surface area contributed by atoms with Crippen molar-refractivity contribution in [3.8, 4) is 0 Å². The normalized spacial score (nSPS) is 14.6. The molecule has 0 atom stereocenters. The summed E-state index contributed by atoms with van der Waals surface area (Å²) in [7, 11) is 0. The SMILES string of the molecule is CCCCn1c(SCC(=O)NCC2CC2)nc(C)c1C. The van der Waals surface area contributed by atoms with Gasteiger partial charge in [-0.25, -0.2) is 4.98 Å². The lowest BCUT2D eigenvalue weighted by atomic mass is 10.3. The maximum Gasteiger partial charge on any atom is 0.230 e. The third-order valence-corrected chi connectivity index (χ3v) is 4.75. The summed E-state index contributed by atoms with van der Waals surface area (Å²) in [6.45, 7) is 8.18. The molecule has 1 N–H and O–H groups in total. The lowest BCUT2D eigenvalue weighted by Crippen LogP contribution is -2.27. The number of hydrogen-bond donors (Lipinski definition) is 1. The summed E-state index contributed by atoms with van der Waals surface area (Å²) in [5.74, 6) is 1.33. The van der Waals surface area contributed by atoms with Crippen molar-refractivity contribution in [2.75, 3.05) is 12.3 Å². The Labute approximate surface area is 125 Å². The summed E-state index contributed by atoms with van der Waals surface area (Å²) in [6, 6.07) is 0. The molecule has 0 aromatic carbocycles. The van der Waals surface area contributed by atoms with Crippen molar-refractivity contribution < 1.29 is 4.79 Å². The number of hydrogen-bond acceptors (Lipinski definition) is 3. The van der Waals surface area contributed by atoms with E-state index in [1.54, 1.807) is 11.8 Å². The smallest absolute Gasteiger partial charge is 0.230 e. The standard InChI is InChI=1S/C15H25N3OS/c1-4-5-8-18-12(3)11(2)17-15(18)20-10-14(19)16-9-13-6-7-13/h13H,4-10H2,1-3H3,(H,16,19). The van der Waals surface area contributed by atoms with Crippen LogP contribution in [-0.2, 0) is 11.3 Å². The van der Waals surface area contributed by atoms with Crippen LogP contribution in [0, 0.1) is 19.8 Å². The Balaban J connectivity index is 1.86. The molecule has 1 aliphatic carbocycles. The highest BCUT2D eigenvalue weighted by atomic mass is 32.2. The predicted octanol–water partition coefficient (Wildman–Crippen LogP) is 2.92. The molecular formula is C15H25N3OS. The first-order chi connectivity index (χ1) is 9.61. The van der Waals surface area contributed by atoms with Crippen LogP contribution in [0.1, 0.15) is 44.0 Å². The molecule has 0 spiro atoms. The summed E-state index contributed by atoms with van der Waals surface area (Å²) in [5, 5.41) is 3.98. The maximum atomic E-state index is 11.8. The third kappa shape index (κ3) is 4.27. The molecule has 0 aliphatic heterocycles. The summed E-state index contributed by atoms with van der Waals surface area (Å²) < 4.78 is 2.25. The van der Waals surface area contributed by atoms with Gasteiger partial charge < -0.3 is 9.88 Å². The van der Waals surface area contributed by atoms with Gasteiger partial charge in [-0.1, -0.05) is 25.1 Å². The molecule has 2 rings (SSSR count). The van der Waals surface area contributed by atoms with E-state index in [1.165, 1.54) is 25.0 Å². The van der Waals surface area contributed by atoms with Crippen LogP contribution in [0.2, 0.25) is 0 Å². The van der Waals surface area contributed by atoms with E-state index in [0.29, 0.717) is 5.75 Å². The number of unbranched alkanes of at least 4 members (excludes halogenated alkanes) is 1. The Bertz CT molecular complexity index is 466. The van der Waals surface area contributed by atoms with Crippen LogP contribution in [-0.4, -0.2) is 27.8 Å². The lowest BCUT2D eigenvalue weighted by Gasteiger charge is -2.09. The second kappa shape index (κ2) is 7.16. The van der Waals surface area contributed by atoms with Crippen LogP contribution < -0.4 is 5.32 Å². The fourth-order valence-corrected chi connectivity index (χ4v) is 3.02. The average molecular weight is 295 g/mol. The Morgan fingerprint density at radius 2 is 2.20 bits per heavy atom. The zero-order valence-corrected chi connectivity index (χ0v) is 13.6.